The number of piperazine rings is 1. The highest BCUT2D eigenvalue weighted by atomic mass is 35.5. The molecular formula is C29H35Cl2N5O5. The van der Waals surface area contributed by atoms with Gasteiger partial charge in [0.1, 0.15) is 12.3 Å². The van der Waals surface area contributed by atoms with Crippen molar-refractivity contribution in [1.82, 2.24) is 14.8 Å². The SMILES string of the molecule is CC(N)C(=O)NCC(=O)OCn1c(=O)ccc2ccc(OCCCCN3CCN(c4cccc(Cl)c4Cl)CC3)cc21. The van der Waals surface area contributed by atoms with Crippen LogP contribution in [0.4, 0.5) is 5.69 Å². The summed E-state index contributed by atoms with van der Waals surface area (Å²) >= 11 is 12.6. The molecule has 12 heteroatoms. The smallest absolute Gasteiger partial charge is 0.327 e. The first-order valence-corrected chi connectivity index (χ1v) is 14.3. The number of hydrogen-bond acceptors (Lipinski definition) is 8. The van der Waals surface area contributed by atoms with Crippen LogP contribution < -0.4 is 26.2 Å². The Morgan fingerprint density at radius 3 is 2.56 bits per heavy atom. The maximum absolute atomic E-state index is 12.5. The molecular weight excluding hydrogens is 569 g/mol. The molecule has 1 aliphatic heterocycles. The van der Waals surface area contributed by atoms with E-state index < -0.39 is 17.9 Å². The van der Waals surface area contributed by atoms with Gasteiger partial charge in [-0.1, -0.05) is 29.3 Å². The summed E-state index contributed by atoms with van der Waals surface area (Å²) in [7, 11) is 0. The Morgan fingerprint density at radius 2 is 1.80 bits per heavy atom. The van der Waals surface area contributed by atoms with Gasteiger partial charge < -0.3 is 25.4 Å². The Balaban J connectivity index is 1.23. The van der Waals surface area contributed by atoms with Crippen LogP contribution in [0.15, 0.2) is 53.3 Å². The summed E-state index contributed by atoms with van der Waals surface area (Å²) in [5, 5.41) is 4.37. The average molecular weight is 605 g/mol. The minimum atomic E-state index is -0.738. The molecule has 1 aromatic heterocycles. The van der Waals surface area contributed by atoms with Crippen molar-refractivity contribution in [1.29, 1.82) is 0 Å². The van der Waals surface area contributed by atoms with Crippen LogP contribution in [-0.4, -0.2) is 73.3 Å². The summed E-state index contributed by atoms with van der Waals surface area (Å²) in [6.45, 7) is 6.10. The molecule has 3 N–H and O–H groups in total. The van der Waals surface area contributed by atoms with E-state index in [1.807, 2.05) is 24.3 Å². The zero-order valence-corrected chi connectivity index (χ0v) is 24.5. The highest BCUT2D eigenvalue weighted by Gasteiger charge is 2.19. The second kappa shape index (κ2) is 14.5. The molecule has 0 bridgehead atoms. The second-order valence-electron chi connectivity index (χ2n) is 9.93. The van der Waals surface area contributed by atoms with Gasteiger partial charge in [0.2, 0.25) is 5.91 Å². The highest BCUT2D eigenvalue weighted by Crippen LogP contribution is 2.32. The Hall–Kier alpha value is -3.31. The van der Waals surface area contributed by atoms with Gasteiger partial charge in [0.05, 0.1) is 33.9 Å². The van der Waals surface area contributed by atoms with E-state index in [-0.39, 0.29) is 18.8 Å². The monoisotopic (exact) mass is 603 g/mol. The Labute approximate surface area is 248 Å². The van der Waals surface area contributed by atoms with Crippen molar-refractivity contribution < 1.29 is 19.1 Å². The van der Waals surface area contributed by atoms with Crippen molar-refractivity contribution in [2.24, 2.45) is 5.73 Å². The highest BCUT2D eigenvalue weighted by molar-refractivity contribution is 6.43. The lowest BCUT2D eigenvalue weighted by Crippen LogP contribution is -2.46. The van der Waals surface area contributed by atoms with Crippen molar-refractivity contribution in [2.75, 3.05) is 50.8 Å². The van der Waals surface area contributed by atoms with Crippen LogP contribution in [0.5, 0.6) is 5.75 Å². The van der Waals surface area contributed by atoms with Gasteiger partial charge in [-0.25, -0.2) is 0 Å². The van der Waals surface area contributed by atoms with Crippen molar-refractivity contribution in [3.8, 4) is 5.75 Å². The van der Waals surface area contributed by atoms with Gasteiger partial charge in [0.25, 0.3) is 5.56 Å². The largest absolute Gasteiger partial charge is 0.494 e. The van der Waals surface area contributed by atoms with Gasteiger partial charge in [-0.05, 0) is 62.0 Å². The maximum atomic E-state index is 12.5. The molecule has 1 saturated heterocycles. The molecule has 0 spiro atoms. The molecule has 1 unspecified atom stereocenters. The van der Waals surface area contributed by atoms with Crippen molar-refractivity contribution in [3.63, 3.8) is 0 Å². The van der Waals surface area contributed by atoms with Crippen LogP contribution >= 0.6 is 23.2 Å². The minimum absolute atomic E-state index is 0.288. The molecule has 220 valence electrons. The Bertz CT molecular complexity index is 1420. The van der Waals surface area contributed by atoms with Crippen LogP contribution in [0.3, 0.4) is 0 Å². The van der Waals surface area contributed by atoms with E-state index in [0.29, 0.717) is 27.9 Å². The molecule has 4 rings (SSSR count). The number of unbranched alkanes of at least 4 members (excludes halogenated alkanes) is 1. The third-order valence-corrected chi connectivity index (χ3v) is 7.73. The fourth-order valence-corrected chi connectivity index (χ4v) is 4.99. The van der Waals surface area contributed by atoms with E-state index in [9.17, 15) is 14.4 Å². The molecule has 1 atom stereocenters. The van der Waals surface area contributed by atoms with Crippen molar-refractivity contribution >= 4 is 51.7 Å². The Kier molecular flexibility index (Phi) is 10.9. The number of benzene rings is 2. The molecule has 0 saturated carbocycles. The number of nitrogens with one attached hydrogen (secondary N) is 1. The van der Waals surface area contributed by atoms with E-state index in [0.717, 1.165) is 56.6 Å². The number of aromatic nitrogens is 1. The van der Waals surface area contributed by atoms with Gasteiger partial charge in [-0.2, -0.15) is 0 Å². The molecule has 1 fully saturated rings. The number of nitrogens with two attached hydrogens (primary N) is 1. The minimum Gasteiger partial charge on any atom is -0.494 e. The number of carbonyl (C=O) groups excluding carboxylic acids is 2. The third kappa shape index (κ3) is 8.36. The normalized spacial score (nSPS) is 14.6. The summed E-state index contributed by atoms with van der Waals surface area (Å²) in [5.41, 5.74) is 6.71. The number of nitrogens with zero attached hydrogens (tertiary/aromatic N) is 3. The number of carbonyl (C=O) groups is 2. The van der Waals surface area contributed by atoms with E-state index >= 15 is 0 Å². The van der Waals surface area contributed by atoms with Gasteiger partial charge in [-0.3, -0.25) is 23.9 Å². The zero-order chi connectivity index (χ0) is 29.4. The van der Waals surface area contributed by atoms with Crippen LogP contribution in [0.25, 0.3) is 10.9 Å². The van der Waals surface area contributed by atoms with Gasteiger partial charge in [-0.15, -0.1) is 0 Å². The van der Waals surface area contributed by atoms with E-state index in [1.54, 1.807) is 18.2 Å². The predicted molar refractivity (Wildman–Crippen MR) is 161 cm³/mol. The number of esters is 1. The molecule has 41 heavy (non-hydrogen) atoms. The van der Waals surface area contributed by atoms with Crippen LogP contribution in [0.1, 0.15) is 19.8 Å². The standard InChI is InChI=1S/C29H35Cl2N5O5/c1-20(32)29(39)33-18-27(38)41-19-36-25-17-22(9-7-21(25)8-10-26(36)37)40-16-3-2-11-34-12-14-35(15-13-34)24-6-4-5-23(30)28(24)31/h4-10,17,20H,2-3,11-16,18-19,32H2,1H3,(H,33,39). The van der Waals surface area contributed by atoms with Gasteiger partial charge in [0, 0.05) is 38.3 Å². The summed E-state index contributed by atoms with van der Waals surface area (Å²) in [6, 6.07) is 13.6. The topological polar surface area (TPSA) is 119 Å². The Morgan fingerprint density at radius 1 is 1.05 bits per heavy atom. The number of anilines is 1. The fourth-order valence-electron chi connectivity index (χ4n) is 4.58. The van der Waals surface area contributed by atoms with Gasteiger partial charge >= 0.3 is 5.97 Å². The number of fused-ring (bicyclic) bond motifs is 1. The van der Waals surface area contributed by atoms with E-state index in [4.69, 9.17) is 38.4 Å². The number of hydrogen-bond donors (Lipinski definition) is 2. The number of ether oxygens (including phenoxy) is 2. The number of halogens is 2. The summed E-state index contributed by atoms with van der Waals surface area (Å²) in [5.74, 6) is -0.516. The summed E-state index contributed by atoms with van der Waals surface area (Å²) < 4.78 is 12.5. The maximum Gasteiger partial charge on any atom is 0.327 e. The first kappa shape index (κ1) is 30.6. The van der Waals surface area contributed by atoms with E-state index in [2.05, 4.69) is 15.1 Å². The molecule has 1 amide bonds. The van der Waals surface area contributed by atoms with Crippen LogP contribution in [0, 0.1) is 0 Å². The number of pyridine rings is 1. The molecule has 1 aliphatic rings. The molecule has 2 aromatic carbocycles. The summed E-state index contributed by atoms with van der Waals surface area (Å²) in [4.78, 5) is 40.8. The molecule has 0 aliphatic carbocycles. The lowest BCUT2D eigenvalue weighted by Gasteiger charge is -2.36. The number of amides is 1. The quantitative estimate of drug-likeness (QED) is 0.239. The molecule has 2 heterocycles. The zero-order valence-electron chi connectivity index (χ0n) is 23.0. The van der Waals surface area contributed by atoms with Crippen LogP contribution in [-0.2, 0) is 21.1 Å². The molecule has 3 aromatic rings. The van der Waals surface area contributed by atoms with Crippen molar-refractivity contribution in [3.05, 3.63) is 68.9 Å². The van der Waals surface area contributed by atoms with Gasteiger partial charge in [0.15, 0.2) is 6.73 Å². The fraction of sp³-hybridized carbons (Fsp3) is 0.414. The third-order valence-electron chi connectivity index (χ3n) is 6.92. The lowest BCUT2D eigenvalue weighted by atomic mass is 10.2. The van der Waals surface area contributed by atoms with E-state index in [1.165, 1.54) is 17.6 Å². The molecule has 0 radical (unpaired) electrons. The first-order valence-electron chi connectivity index (χ1n) is 13.6. The predicted octanol–water partition coefficient (Wildman–Crippen LogP) is 3.25. The second-order valence-corrected chi connectivity index (χ2v) is 10.7. The molecule has 10 nitrogen and oxygen atoms in total. The lowest BCUT2D eigenvalue weighted by molar-refractivity contribution is -0.147. The van der Waals surface area contributed by atoms with Crippen molar-refractivity contribution in [2.45, 2.75) is 32.5 Å². The first-order chi connectivity index (χ1) is 19.7. The average Bonchev–Trinajstić information content (AvgIpc) is 2.97. The number of rotatable bonds is 12. The summed E-state index contributed by atoms with van der Waals surface area (Å²) in [6.07, 6.45) is 1.87. The van der Waals surface area contributed by atoms with Crippen LogP contribution in [0.2, 0.25) is 10.0 Å².